The van der Waals surface area contributed by atoms with Crippen molar-refractivity contribution in [3.8, 4) is 55.6 Å². The Morgan fingerprint density at radius 3 is 0.970 bits per heavy atom. The molecule has 12 aromatic carbocycles. The van der Waals surface area contributed by atoms with Crippen molar-refractivity contribution >= 4 is 98.8 Å². The van der Waals surface area contributed by atoms with Crippen molar-refractivity contribution in [2.75, 3.05) is 14.7 Å². The van der Waals surface area contributed by atoms with Crippen molar-refractivity contribution in [3.63, 3.8) is 0 Å². The summed E-state index contributed by atoms with van der Waals surface area (Å²) in [5, 5.41) is 15.8. The highest BCUT2D eigenvalue weighted by atomic mass is 15.3. The Morgan fingerprint density at radius 1 is 0.257 bits per heavy atom. The van der Waals surface area contributed by atoms with Gasteiger partial charge in [0.15, 0.2) is 0 Å². The van der Waals surface area contributed by atoms with Crippen LogP contribution < -0.4 is 14.7 Å². The van der Waals surface area contributed by atoms with Crippen molar-refractivity contribution in [3.05, 3.63) is 260 Å². The summed E-state index contributed by atoms with van der Waals surface area (Å²) in [7, 11) is 0. The normalized spacial score (nSPS) is 24.4. The molecule has 3 aliphatic carbocycles. The third-order valence-electron chi connectivity index (χ3n) is 27.9. The molecule has 0 N–H and O–H groups in total. The second-order valence-corrected chi connectivity index (χ2v) is 32.2. The van der Waals surface area contributed by atoms with Crippen LogP contribution in [0.5, 0.6) is 0 Å². The monoisotopic (exact) mass is 1310 g/mol. The van der Waals surface area contributed by atoms with E-state index in [1.165, 1.54) is 210 Å². The lowest BCUT2D eigenvalue weighted by atomic mass is 9.61. The quantitative estimate of drug-likeness (QED) is 0.151. The van der Waals surface area contributed by atoms with Crippen LogP contribution in [-0.2, 0) is 16.2 Å². The predicted octanol–water partition coefficient (Wildman–Crippen LogP) is 25.2. The molecular weight excluding hydrogens is 1230 g/mol. The lowest BCUT2D eigenvalue weighted by molar-refractivity contribution is 0.195. The fourth-order valence-corrected chi connectivity index (χ4v) is 22.5. The summed E-state index contributed by atoms with van der Waals surface area (Å²) >= 11 is 0. The zero-order valence-electron chi connectivity index (χ0n) is 58.8. The van der Waals surface area contributed by atoms with Gasteiger partial charge in [0.25, 0.3) is 0 Å². The number of rotatable bonds is 8. The van der Waals surface area contributed by atoms with E-state index in [2.05, 4.69) is 277 Å². The van der Waals surface area contributed by atoms with E-state index in [0.717, 1.165) is 38.5 Å². The smallest absolute Gasteiger partial charge is 0.0517 e. The molecule has 0 bridgehead atoms. The Kier molecular flexibility index (Phi) is 12.4. The van der Waals surface area contributed by atoms with Crippen LogP contribution in [0.15, 0.2) is 243 Å². The molecule has 6 heteroatoms. The van der Waals surface area contributed by atoms with Crippen LogP contribution in [0.1, 0.15) is 135 Å². The van der Waals surface area contributed by atoms with E-state index in [0.29, 0.717) is 0 Å². The Labute approximate surface area is 592 Å². The van der Waals surface area contributed by atoms with Crippen LogP contribution in [0.25, 0.3) is 120 Å². The highest BCUT2D eigenvalue weighted by Gasteiger charge is 2.60. The number of anilines is 6. The first-order chi connectivity index (χ1) is 49.4. The molecule has 0 amide bonds. The second-order valence-electron chi connectivity index (χ2n) is 32.2. The standard InChI is InChI=1S/C95H82N6/c1-90-44-13-16-47-93(90,4)99(64-38-50-96-51-39-64)78-35-26-61(56-75(78)90)67-29-32-72-83-70(67)24-19-25-71(83)86-81(59-20-9-7-10-21-59)88-73-33-30-68(62-27-36-79-76(57-62)91(2)45-14-17-48-94(91,5)100(79)65-40-52-97-53-41-65)84-69(31-34-74(85(73)84)89(88)82(87(72)86)60-22-11-8-12-23-60)63-28-37-80-77(58-63)92(3)46-15-18-49-95(92,6)101(80)66-42-54-98-55-43-66/h7-12,19-43,50-58H,13-18,44-49H2,1-6H3. The van der Waals surface area contributed by atoms with Crippen molar-refractivity contribution in [2.45, 2.75) is 151 Å². The van der Waals surface area contributed by atoms with Gasteiger partial charge in [0, 0.05) is 87.6 Å². The Hall–Kier alpha value is -10.4. The van der Waals surface area contributed by atoms with Crippen LogP contribution in [0.3, 0.4) is 0 Å². The van der Waals surface area contributed by atoms with Crippen LogP contribution in [0, 0.1) is 0 Å². The number of benzene rings is 10. The molecule has 101 heavy (non-hydrogen) atoms. The van der Waals surface area contributed by atoms with E-state index in [4.69, 9.17) is 0 Å². The van der Waals surface area contributed by atoms with Gasteiger partial charge in [-0.05, 0) is 269 Å². The number of nitrogens with zero attached hydrogens (tertiary/aromatic N) is 6. The third-order valence-corrected chi connectivity index (χ3v) is 27.9. The van der Waals surface area contributed by atoms with Gasteiger partial charge in [-0.15, -0.1) is 0 Å². The average Bonchev–Trinajstić information content (AvgIpc) is 1.52. The van der Waals surface area contributed by atoms with E-state index in [1.807, 2.05) is 37.2 Å². The topological polar surface area (TPSA) is 48.4 Å². The largest absolute Gasteiger partial charge is 0.334 e. The predicted molar refractivity (Wildman–Crippen MR) is 423 cm³/mol. The van der Waals surface area contributed by atoms with Gasteiger partial charge in [0.05, 0.1) is 16.6 Å². The number of hydrogen-bond acceptors (Lipinski definition) is 6. The van der Waals surface area contributed by atoms with Gasteiger partial charge < -0.3 is 14.7 Å². The molecule has 0 spiro atoms. The van der Waals surface area contributed by atoms with E-state index in [-0.39, 0.29) is 32.9 Å². The van der Waals surface area contributed by atoms with Crippen molar-refractivity contribution in [1.29, 1.82) is 0 Å². The first-order valence-corrected chi connectivity index (χ1v) is 37.4. The molecule has 3 aliphatic heterocycles. The summed E-state index contributed by atoms with van der Waals surface area (Å²) < 4.78 is 0. The lowest BCUT2D eigenvalue weighted by Crippen LogP contribution is -2.54. The maximum atomic E-state index is 4.52. The lowest BCUT2D eigenvalue weighted by Gasteiger charge is -2.50. The van der Waals surface area contributed by atoms with Crippen molar-refractivity contribution < 1.29 is 0 Å². The molecule has 492 valence electrons. The minimum atomic E-state index is -0.103. The molecule has 3 saturated carbocycles. The van der Waals surface area contributed by atoms with E-state index in [1.54, 1.807) is 0 Å². The summed E-state index contributed by atoms with van der Waals surface area (Å²) in [5.41, 5.74) is 24.3. The van der Waals surface area contributed by atoms with Crippen LogP contribution in [-0.4, -0.2) is 31.6 Å². The molecule has 6 unspecified atom stereocenters. The molecular formula is C95H82N6. The summed E-state index contributed by atoms with van der Waals surface area (Å²) in [4.78, 5) is 21.6. The average molecular weight is 1310 g/mol. The van der Waals surface area contributed by atoms with Gasteiger partial charge in [-0.1, -0.05) is 193 Å². The number of pyridine rings is 3. The van der Waals surface area contributed by atoms with Crippen LogP contribution >= 0.6 is 0 Å². The molecule has 6 heterocycles. The zero-order chi connectivity index (χ0) is 67.5. The highest BCUT2D eigenvalue weighted by molar-refractivity contribution is 6.47. The summed E-state index contributed by atoms with van der Waals surface area (Å²) in [6, 6.07) is 81.2. The third kappa shape index (κ3) is 7.65. The van der Waals surface area contributed by atoms with Crippen molar-refractivity contribution in [1.82, 2.24) is 15.0 Å². The van der Waals surface area contributed by atoms with E-state index in [9.17, 15) is 0 Å². The van der Waals surface area contributed by atoms with Gasteiger partial charge in [-0.25, -0.2) is 0 Å². The Bertz CT molecular complexity index is 5660. The molecule has 0 saturated heterocycles. The highest BCUT2D eigenvalue weighted by Crippen LogP contribution is 2.66. The minimum Gasteiger partial charge on any atom is -0.334 e. The van der Waals surface area contributed by atoms with E-state index < -0.39 is 0 Å². The van der Waals surface area contributed by atoms with E-state index >= 15 is 0 Å². The van der Waals surface area contributed by atoms with Gasteiger partial charge in [0.2, 0.25) is 0 Å². The van der Waals surface area contributed by atoms with Crippen molar-refractivity contribution in [2.24, 2.45) is 0 Å². The summed E-state index contributed by atoms with van der Waals surface area (Å²) in [5.74, 6) is 0. The van der Waals surface area contributed by atoms with Gasteiger partial charge in [-0.2, -0.15) is 0 Å². The zero-order valence-corrected chi connectivity index (χ0v) is 58.8. The molecule has 0 radical (unpaired) electrons. The van der Waals surface area contributed by atoms with Gasteiger partial charge in [-0.3, -0.25) is 15.0 Å². The molecule has 6 atom stereocenters. The first-order valence-electron chi connectivity index (χ1n) is 37.4. The molecule has 3 fully saturated rings. The molecule has 15 aromatic rings. The van der Waals surface area contributed by atoms with Crippen LogP contribution in [0.4, 0.5) is 34.1 Å². The summed E-state index contributed by atoms with van der Waals surface area (Å²) in [6.45, 7) is 15.3. The fraction of sp³-hybridized carbons (Fsp3) is 0.253. The Morgan fingerprint density at radius 2 is 0.584 bits per heavy atom. The molecule has 6 aliphatic rings. The number of aromatic nitrogens is 3. The first kappa shape index (κ1) is 59.4. The SMILES string of the molecule is CC12CCCCC1(C)N(c1ccncc1)c1ccc(-c3ccc4c5c(-c6ccccc6)c6c7ccc(-c8ccc9c(c8)C8(C)CCCCC8(C)N9c8ccncc8)c8c(-c9ccc%10c(c9)C9(C)CCCCC9(C)N%10c9ccncc9)ccc(c6c(-c6ccccc6)c5c5cccc3c54)c87)cc12. The Balaban J connectivity index is 0.854. The summed E-state index contributed by atoms with van der Waals surface area (Å²) in [6.07, 6.45) is 26.0. The minimum absolute atomic E-state index is 0.0278. The molecule has 3 aromatic heterocycles. The van der Waals surface area contributed by atoms with Gasteiger partial charge >= 0.3 is 0 Å². The van der Waals surface area contributed by atoms with Crippen LogP contribution in [0.2, 0.25) is 0 Å². The molecule has 6 nitrogen and oxygen atoms in total. The molecule has 21 rings (SSSR count). The number of hydrogen-bond donors (Lipinski definition) is 0. The fourth-order valence-electron chi connectivity index (χ4n) is 22.5. The maximum absolute atomic E-state index is 4.52. The van der Waals surface area contributed by atoms with Gasteiger partial charge in [0.1, 0.15) is 0 Å². The number of fused-ring (bicyclic) bond motifs is 15. The second kappa shape index (κ2) is 21.1. The maximum Gasteiger partial charge on any atom is 0.0517 e.